The lowest BCUT2D eigenvalue weighted by molar-refractivity contribution is -0.179. The van der Waals surface area contributed by atoms with Gasteiger partial charge in [-0.25, -0.2) is 4.98 Å². The maximum Gasteiger partial charge on any atom is 0.450 e. The number of nitrogens with zero attached hydrogens (tertiary/aromatic N) is 3. The molecule has 2 aliphatic carbocycles. The first kappa shape index (κ1) is 87.1. The van der Waals surface area contributed by atoms with Gasteiger partial charge in [-0.1, -0.05) is 103 Å². The number of carboxylic acid groups (broad SMARTS) is 2. The Labute approximate surface area is 598 Å². The fraction of sp³-hybridized carbons (Fsp3) is 0.750. The number of rotatable bonds is 34. The summed E-state index contributed by atoms with van der Waals surface area (Å²) in [5.74, 6) is -5.41. The zero-order valence-electron chi connectivity index (χ0n) is 59.2. The van der Waals surface area contributed by atoms with E-state index in [9.17, 15) is 68.9 Å². The Morgan fingerprint density at radius 1 is 0.510 bits per heavy atom. The summed E-state index contributed by atoms with van der Waals surface area (Å²) in [7, 11) is 1.38. The lowest BCUT2D eigenvalue weighted by Gasteiger charge is -2.34. The molecule has 0 spiro atoms. The van der Waals surface area contributed by atoms with Crippen LogP contribution in [-0.2, 0) is 89.5 Å². The van der Waals surface area contributed by atoms with Crippen molar-refractivity contribution in [2.45, 2.75) is 294 Å². The van der Waals surface area contributed by atoms with Crippen molar-refractivity contribution in [3.05, 3.63) is 81.6 Å². The topological polar surface area (TPSA) is 246 Å². The van der Waals surface area contributed by atoms with E-state index < -0.39 is 84.2 Å². The van der Waals surface area contributed by atoms with E-state index in [2.05, 4.69) is 57.1 Å². The van der Waals surface area contributed by atoms with Crippen LogP contribution in [0.15, 0.2) is 36.4 Å². The molecular weight excluding hydrogens is 1340 g/mol. The number of carboxylic acids is 2. The van der Waals surface area contributed by atoms with Gasteiger partial charge in [0.05, 0.1) is 7.11 Å². The van der Waals surface area contributed by atoms with Gasteiger partial charge in [0, 0.05) is 80.6 Å². The van der Waals surface area contributed by atoms with Gasteiger partial charge in [0.1, 0.15) is 36.0 Å². The van der Waals surface area contributed by atoms with Crippen LogP contribution in [0.3, 0.4) is 0 Å². The van der Waals surface area contributed by atoms with E-state index in [0.29, 0.717) is 44.9 Å². The van der Waals surface area contributed by atoms with Gasteiger partial charge in [-0.15, -0.1) is 0 Å². The fourth-order valence-electron chi connectivity index (χ4n) is 14.2. The third kappa shape index (κ3) is 32.0. The number of carbonyl (C=O) groups is 4. The maximum atomic E-state index is 13.6. The van der Waals surface area contributed by atoms with Crippen LogP contribution in [0.25, 0.3) is 0 Å². The summed E-state index contributed by atoms with van der Waals surface area (Å²) in [5.41, 5.74) is 15.8. The highest BCUT2D eigenvalue weighted by atomic mass is 19.4. The van der Waals surface area contributed by atoms with Crippen LogP contribution in [0.4, 0.5) is 45.3 Å². The summed E-state index contributed by atoms with van der Waals surface area (Å²) in [6, 6.07) is 6.64. The molecule has 0 amide bonds. The van der Waals surface area contributed by atoms with Crippen LogP contribution in [-0.4, -0.2) is 151 Å². The van der Waals surface area contributed by atoms with E-state index in [1.807, 2.05) is 0 Å². The Balaban J connectivity index is 0.000000256. The Kier molecular flexibility index (Phi) is 39.6. The third-order valence-corrected chi connectivity index (χ3v) is 20.1. The minimum Gasteiger partial charge on any atom is -0.480 e. The van der Waals surface area contributed by atoms with Crippen molar-refractivity contribution in [2.75, 3.05) is 58.6 Å². The number of aryl methyl sites for hydroxylation is 8. The number of nitrogens with one attached hydrogen (secondary N) is 3. The van der Waals surface area contributed by atoms with Crippen molar-refractivity contribution in [2.24, 2.45) is 23.5 Å². The molecule has 0 saturated carbocycles. The lowest BCUT2D eigenvalue weighted by Crippen LogP contribution is -2.54. The number of alkyl halides is 9. The molecule has 0 aromatic carbocycles. The number of aliphatic carboxylic acids is 2. The van der Waals surface area contributed by atoms with Gasteiger partial charge in [0.25, 0.3) is 0 Å². The SMILES string of the molecule is C.COC(=O)[C@@H](N)CCCCCCCc1ccc2c(n1)NCCC2.O=C(C1CCOCC1)C(F)(F)F.O=C(O)[C@H](CCCCCCCc1ccc2c(n1)CCCC2)N[C@@H](C1CCOCC1)C(F)(F)F.O=C(O)[C@H](CCCCCCCc1ccc2c(n1)CCCC2)N[C@H](C1CCOCC1)C(F)(F)F. The molecular formula is C76H116F9N7O10. The van der Waals surface area contributed by atoms with E-state index in [4.69, 9.17) is 34.9 Å². The van der Waals surface area contributed by atoms with E-state index in [1.54, 1.807) is 0 Å². The number of carbonyl (C=O) groups excluding carboxylic acids is 2. The van der Waals surface area contributed by atoms with E-state index in [1.165, 1.54) is 85.8 Å². The molecule has 5 atom stereocenters. The Morgan fingerprint density at radius 2 is 0.873 bits per heavy atom. The zero-order valence-corrected chi connectivity index (χ0v) is 59.2. The Bertz CT molecular complexity index is 2780. The molecule has 7 heterocycles. The van der Waals surface area contributed by atoms with Crippen molar-refractivity contribution in [1.82, 2.24) is 25.6 Å². The normalized spacial score (nSPS) is 18.1. The first-order chi connectivity index (χ1) is 48.4. The first-order valence-electron chi connectivity index (χ1n) is 37.4. The summed E-state index contributed by atoms with van der Waals surface area (Å²) >= 11 is 0. The molecule has 9 rings (SSSR count). The van der Waals surface area contributed by atoms with Crippen LogP contribution in [0.2, 0.25) is 0 Å². The van der Waals surface area contributed by atoms with E-state index in [-0.39, 0.29) is 78.7 Å². The van der Waals surface area contributed by atoms with Gasteiger partial charge >= 0.3 is 36.4 Å². The van der Waals surface area contributed by atoms with E-state index in [0.717, 1.165) is 146 Å². The number of ether oxygens (including phenoxy) is 4. The second-order valence-electron chi connectivity index (χ2n) is 27.9. The number of methoxy groups -OCH3 is 1. The number of esters is 1. The maximum absolute atomic E-state index is 13.6. The lowest BCUT2D eigenvalue weighted by atomic mass is 9.90. The van der Waals surface area contributed by atoms with Gasteiger partial charge in [-0.2, -0.15) is 39.5 Å². The highest BCUT2D eigenvalue weighted by Crippen LogP contribution is 2.35. The number of hydrogen-bond donors (Lipinski definition) is 6. The predicted octanol–water partition coefficient (Wildman–Crippen LogP) is 15.5. The smallest absolute Gasteiger partial charge is 0.450 e. The molecule has 102 heavy (non-hydrogen) atoms. The van der Waals surface area contributed by atoms with Gasteiger partial charge in [0.15, 0.2) is 0 Å². The molecule has 578 valence electrons. The summed E-state index contributed by atoms with van der Waals surface area (Å²) in [5, 5.41) is 27.2. The molecule has 3 aromatic rings. The third-order valence-electron chi connectivity index (χ3n) is 20.1. The van der Waals surface area contributed by atoms with Gasteiger partial charge in [-0.3, -0.25) is 39.8 Å². The highest BCUT2D eigenvalue weighted by Gasteiger charge is 2.48. The van der Waals surface area contributed by atoms with Crippen molar-refractivity contribution >= 4 is 29.5 Å². The summed E-state index contributed by atoms with van der Waals surface area (Å²) in [6.07, 6.45) is 18.1. The number of ketones is 1. The van der Waals surface area contributed by atoms with Crippen molar-refractivity contribution in [3.8, 4) is 0 Å². The zero-order chi connectivity index (χ0) is 73.1. The average molecular weight is 1460 g/mol. The van der Waals surface area contributed by atoms with Crippen molar-refractivity contribution in [1.29, 1.82) is 0 Å². The molecule has 6 aliphatic rings. The predicted molar refractivity (Wildman–Crippen MR) is 374 cm³/mol. The molecule has 3 aromatic heterocycles. The number of anilines is 1. The molecule has 0 radical (unpaired) electrons. The highest BCUT2D eigenvalue weighted by molar-refractivity contribution is 5.86. The number of unbranched alkanes of at least 4 members (excludes halogenated alkanes) is 12. The van der Waals surface area contributed by atoms with E-state index >= 15 is 0 Å². The van der Waals surface area contributed by atoms with Gasteiger partial charge in [-0.05, 0) is 207 Å². The van der Waals surface area contributed by atoms with Crippen LogP contribution < -0.4 is 21.7 Å². The quantitative estimate of drug-likeness (QED) is 0.0185. The Morgan fingerprint density at radius 3 is 1.27 bits per heavy atom. The van der Waals surface area contributed by atoms with Crippen LogP contribution in [0.1, 0.15) is 239 Å². The molecule has 26 heteroatoms. The first-order valence-corrected chi connectivity index (χ1v) is 37.4. The summed E-state index contributed by atoms with van der Waals surface area (Å²) < 4.78 is 137. The van der Waals surface area contributed by atoms with Crippen molar-refractivity contribution < 1.29 is 87.9 Å². The number of halogens is 9. The van der Waals surface area contributed by atoms with Crippen LogP contribution in [0.5, 0.6) is 0 Å². The summed E-state index contributed by atoms with van der Waals surface area (Å²) in [4.78, 5) is 59.4. The minimum atomic E-state index is -4.68. The van der Waals surface area contributed by atoms with Gasteiger partial charge in [0.2, 0.25) is 5.78 Å². The second kappa shape index (κ2) is 46.4. The standard InChI is InChI=1S/2C25H37F3N2O3.C18H29N3O2.C7H9F3O2.CH4/c2*26-25(27,28)23(19-14-16-33-17-15-19)30-22(24(31)32)11-5-3-1-2-4-9-20-13-12-18-8-6-7-10-21(18)29-20;1-23-18(22)16(19)10-6-4-2-3-5-9-15-12-11-14-8-7-13-20-17(14)21-15;8-7(9,10)6(11)5-1-3-12-4-2-5;/h2*12-13,19,22-23,30H,1-11,14-17H2,(H,31,32);11-12,16H,2-10,13,19H2,1H3,(H,20,21);5H,1-4H2;1H4/t22-,23+;22-,23-;16-;;/m000../s1. The second-order valence-corrected chi connectivity index (χ2v) is 27.9. The molecule has 3 saturated heterocycles. The summed E-state index contributed by atoms with van der Waals surface area (Å²) in [6.45, 7) is 2.71. The van der Waals surface area contributed by atoms with Gasteiger partial charge < -0.3 is 40.2 Å². The number of fused-ring (bicyclic) bond motifs is 3. The molecule has 17 nitrogen and oxygen atoms in total. The van der Waals surface area contributed by atoms with Crippen molar-refractivity contribution in [3.63, 3.8) is 0 Å². The minimum absolute atomic E-state index is 0. The monoisotopic (exact) mass is 1460 g/mol. The van der Waals surface area contributed by atoms with Crippen LogP contribution in [0, 0.1) is 17.8 Å². The number of hydrogen-bond acceptors (Lipinski definition) is 15. The molecule has 4 aliphatic heterocycles. The average Bonchev–Trinajstić information content (AvgIpc) is 0.980. The molecule has 0 unspecified atom stereocenters. The number of aromatic nitrogens is 3. The molecule has 0 bridgehead atoms. The fourth-order valence-corrected chi connectivity index (χ4v) is 14.2. The largest absolute Gasteiger partial charge is 0.480 e. The molecule has 7 N–H and O–H groups in total. The molecule has 3 fully saturated rings. The Hall–Kier alpha value is -5.54. The number of nitrogens with two attached hydrogens (primary N) is 1. The number of Topliss-reactive ketones (excluding diaryl/α,β-unsaturated/α-hetero) is 1. The number of pyridine rings is 3. The van der Waals surface area contributed by atoms with Crippen LogP contribution >= 0.6 is 0 Å².